The van der Waals surface area contributed by atoms with Crippen molar-refractivity contribution in [1.82, 2.24) is 0 Å². The second kappa shape index (κ2) is 5.14. The molecule has 0 saturated carbocycles. The van der Waals surface area contributed by atoms with Crippen molar-refractivity contribution in [2.24, 2.45) is 0 Å². The number of benzene rings is 1. The minimum atomic E-state index is -0.587. The van der Waals surface area contributed by atoms with Crippen molar-refractivity contribution in [1.29, 1.82) is 0 Å². The Balaban J connectivity index is 2.86. The maximum atomic E-state index is 11.5. The molecule has 0 radical (unpaired) electrons. The van der Waals surface area contributed by atoms with Gasteiger partial charge in [0.15, 0.2) is 5.78 Å². The molecule has 0 amide bonds. The zero-order valence-electron chi connectivity index (χ0n) is 7.92. The Morgan fingerprint density at radius 1 is 1.20 bits per heavy atom. The van der Waals surface area contributed by atoms with Gasteiger partial charge in [0.25, 0.3) is 0 Å². The number of ketones is 1. The zero-order valence-corrected chi connectivity index (χ0v) is 9.43. The first-order valence-corrected chi connectivity index (χ1v) is 4.84. The smallest absolute Gasteiger partial charge is 0.313 e. The van der Waals surface area contributed by atoms with Gasteiger partial charge in [0.05, 0.1) is 7.11 Å². The molecule has 0 spiro atoms. The summed E-state index contributed by atoms with van der Waals surface area (Å²) < 4.78 is 4.38. The SMILES string of the molecule is COC(=O)CC(=O)c1cc(Cl)cc(Cl)c1. The summed E-state index contributed by atoms with van der Waals surface area (Å²) in [7, 11) is 1.22. The van der Waals surface area contributed by atoms with Gasteiger partial charge in [-0.05, 0) is 18.2 Å². The summed E-state index contributed by atoms with van der Waals surface area (Å²) in [4.78, 5) is 22.4. The molecule has 0 saturated heterocycles. The van der Waals surface area contributed by atoms with Crippen molar-refractivity contribution >= 4 is 35.0 Å². The molecule has 15 heavy (non-hydrogen) atoms. The van der Waals surface area contributed by atoms with Gasteiger partial charge in [-0.1, -0.05) is 23.2 Å². The van der Waals surface area contributed by atoms with Gasteiger partial charge in [0.1, 0.15) is 6.42 Å². The van der Waals surface area contributed by atoms with Crippen LogP contribution in [-0.2, 0) is 9.53 Å². The summed E-state index contributed by atoms with van der Waals surface area (Å²) in [5.41, 5.74) is 0.304. The summed E-state index contributed by atoms with van der Waals surface area (Å²) >= 11 is 11.4. The lowest BCUT2D eigenvalue weighted by molar-refractivity contribution is -0.139. The number of hydrogen-bond acceptors (Lipinski definition) is 3. The molecule has 0 aromatic heterocycles. The van der Waals surface area contributed by atoms with Crippen molar-refractivity contribution in [2.45, 2.75) is 6.42 Å². The highest BCUT2D eigenvalue weighted by Crippen LogP contribution is 2.20. The predicted molar refractivity (Wildman–Crippen MR) is 57.4 cm³/mol. The molecular weight excluding hydrogens is 239 g/mol. The molecule has 0 aliphatic carbocycles. The lowest BCUT2D eigenvalue weighted by atomic mass is 10.1. The number of rotatable bonds is 3. The molecule has 0 N–H and O–H groups in total. The predicted octanol–water partition coefficient (Wildman–Crippen LogP) is 2.74. The van der Waals surface area contributed by atoms with E-state index in [-0.39, 0.29) is 12.2 Å². The lowest BCUT2D eigenvalue weighted by Gasteiger charge is -2.01. The van der Waals surface area contributed by atoms with Crippen LogP contribution in [0.25, 0.3) is 0 Å². The number of methoxy groups -OCH3 is 1. The molecule has 80 valence electrons. The largest absolute Gasteiger partial charge is 0.469 e. The third-order valence-electron chi connectivity index (χ3n) is 1.72. The molecule has 0 bridgehead atoms. The maximum Gasteiger partial charge on any atom is 0.313 e. The third-order valence-corrected chi connectivity index (χ3v) is 2.15. The van der Waals surface area contributed by atoms with E-state index in [1.807, 2.05) is 0 Å². The first-order chi connectivity index (χ1) is 7.02. The average Bonchev–Trinajstić information content (AvgIpc) is 2.16. The van der Waals surface area contributed by atoms with Crippen LogP contribution in [-0.4, -0.2) is 18.9 Å². The van der Waals surface area contributed by atoms with E-state index in [1.54, 1.807) is 0 Å². The fourth-order valence-corrected chi connectivity index (χ4v) is 1.55. The van der Waals surface area contributed by atoms with Crippen LogP contribution in [0.3, 0.4) is 0 Å². The number of carbonyl (C=O) groups is 2. The third kappa shape index (κ3) is 3.53. The molecule has 3 nitrogen and oxygen atoms in total. The van der Waals surface area contributed by atoms with Crippen LogP contribution in [0.15, 0.2) is 18.2 Å². The highest BCUT2D eigenvalue weighted by molar-refractivity contribution is 6.35. The number of ether oxygens (including phenoxy) is 1. The van der Waals surface area contributed by atoms with E-state index in [1.165, 1.54) is 25.3 Å². The first kappa shape index (κ1) is 12.0. The van der Waals surface area contributed by atoms with Gasteiger partial charge < -0.3 is 4.74 Å². The van der Waals surface area contributed by atoms with Crippen LogP contribution < -0.4 is 0 Å². The van der Waals surface area contributed by atoms with E-state index in [2.05, 4.69) is 4.74 Å². The van der Waals surface area contributed by atoms with Crippen molar-refractivity contribution < 1.29 is 14.3 Å². The van der Waals surface area contributed by atoms with Gasteiger partial charge in [-0.2, -0.15) is 0 Å². The van der Waals surface area contributed by atoms with E-state index in [0.29, 0.717) is 15.6 Å². The minimum absolute atomic E-state index is 0.304. The van der Waals surface area contributed by atoms with Crippen molar-refractivity contribution in [3.63, 3.8) is 0 Å². The van der Waals surface area contributed by atoms with Gasteiger partial charge in [0.2, 0.25) is 0 Å². The van der Waals surface area contributed by atoms with E-state index < -0.39 is 5.97 Å². The van der Waals surface area contributed by atoms with E-state index in [9.17, 15) is 9.59 Å². The second-order valence-corrected chi connectivity index (χ2v) is 3.71. The molecular formula is C10H8Cl2O3. The number of esters is 1. The molecule has 5 heteroatoms. The Labute approximate surface area is 96.9 Å². The van der Waals surface area contributed by atoms with Gasteiger partial charge in [-0.15, -0.1) is 0 Å². The lowest BCUT2D eigenvalue weighted by Crippen LogP contribution is -2.09. The van der Waals surface area contributed by atoms with Crippen LogP contribution in [0.1, 0.15) is 16.8 Å². The van der Waals surface area contributed by atoms with E-state index in [0.717, 1.165) is 0 Å². The highest BCUT2D eigenvalue weighted by atomic mass is 35.5. The van der Waals surface area contributed by atoms with E-state index >= 15 is 0 Å². The molecule has 0 atom stereocenters. The maximum absolute atomic E-state index is 11.5. The second-order valence-electron chi connectivity index (χ2n) is 2.83. The molecule has 1 aromatic carbocycles. The van der Waals surface area contributed by atoms with E-state index in [4.69, 9.17) is 23.2 Å². The Bertz CT molecular complexity index is 381. The molecule has 0 unspecified atom stereocenters. The number of Topliss-reactive ketones (excluding diaryl/α,β-unsaturated/α-hetero) is 1. The fourth-order valence-electron chi connectivity index (χ4n) is 1.02. The molecule has 0 aliphatic rings. The standard InChI is InChI=1S/C10H8Cl2O3/c1-15-10(14)5-9(13)6-2-7(11)4-8(12)3-6/h2-4H,5H2,1H3. The summed E-state index contributed by atoms with van der Waals surface area (Å²) in [5.74, 6) is -0.956. The molecule has 0 aliphatic heterocycles. The number of carbonyl (C=O) groups excluding carboxylic acids is 2. The molecule has 0 heterocycles. The first-order valence-electron chi connectivity index (χ1n) is 4.09. The molecule has 0 fully saturated rings. The summed E-state index contributed by atoms with van der Waals surface area (Å²) in [5, 5.41) is 0.714. The summed E-state index contributed by atoms with van der Waals surface area (Å²) in [6.07, 6.45) is -0.312. The summed E-state index contributed by atoms with van der Waals surface area (Å²) in [6, 6.07) is 4.43. The number of hydrogen-bond donors (Lipinski definition) is 0. The Morgan fingerprint density at radius 3 is 2.20 bits per heavy atom. The Kier molecular flexibility index (Phi) is 4.12. The van der Waals surface area contributed by atoms with Crippen molar-refractivity contribution in [3.8, 4) is 0 Å². The van der Waals surface area contributed by atoms with Crippen LogP contribution in [0.4, 0.5) is 0 Å². The van der Waals surface area contributed by atoms with Crippen LogP contribution >= 0.6 is 23.2 Å². The van der Waals surface area contributed by atoms with Crippen molar-refractivity contribution in [3.05, 3.63) is 33.8 Å². The minimum Gasteiger partial charge on any atom is -0.469 e. The van der Waals surface area contributed by atoms with Crippen molar-refractivity contribution in [2.75, 3.05) is 7.11 Å². The molecule has 1 aromatic rings. The van der Waals surface area contributed by atoms with Gasteiger partial charge >= 0.3 is 5.97 Å². The Morgan fingerprint density at radius 2 is 1.73 bits per heavy atom. The van der Waals surface area contributed by atoms with Crippen LogP contribution in [0.5, 0.6) is 0 Å². The van der Waals surface area contributed by atoms with Gasteiger partial charge in [-0.3, -0.25) is 9.59 Å². The fraction of sp³-hybridized carbons (Fsp3) is 0.200. The molecule has 1 rings (SSSR count). The quantitative estimate of drug-likeness (QED) is 0.468. The topological polar surface area (TPSA) is 43.4 Å². The summed E-state index contributed by atoms with van der Waals surface area (Å²) in [6.45, 7) is 0. The van der Waals surface area contributed by atoms with Crippen LogP contribution in [0, 0.1) is 0 Å². The zero-order chi connectivity index (χ0) is 11.4. The normalized spacial score (nSPS) is 9.80. The monoisotopic (exact) mass is 246 g/mol. The number of halogens is 2. The average molecular weight is 247 g/mol. The van der Waals surface area contributed by atoms with Gasteiger partial charge in [-0.25, -0.2) is 0 Å². The van der Waals surface area contributed by atoms with Gasteiger partial charge in [0, 0.05) is 15.6 Å². The van der Waals surface area contributed by atoms with Crippen LogP contribution in [0.2, 0.25) is 10.0 Å². The Hall–Kier alpha value is -1.06. The highest BCUT2D eigenvalue weighted by Gasteiger charge is 2.12.